The van der Waals surface area contributed by atoms with Gasteiger partial charge in [0, 0.05) is 57.5 Å². The molecule has 3 amide bonds. The summed E-state index contributed by atoms with van der Waals surface area (Å²) < 4.78 is 98.4. The van der Waals surface area contributed by atoms with E-state index >= 15 is 0 Å². The lowest BCUT2D eigenvalue weighted by Gasteiger charge is -2.35. The number of amides is 3. The van der Waals surface area contributed by atoms with E-state index in [1.165, 1.54) is 24.1 Å². The van der Waals surface area contributed by atoms with E-state index < -0.39 is 46.9 Å². The molecule has 15 heteroatoms. The standard InChI is InChI=1S/C27H31F7N4O4/c1-24(2,42-3)16-35-23(40)36-21-9-6-18(14-20(21)28)22(39)38-12-10-37(11-13-38)15-17-4-7-19(8-5-17)25(41,26(29,30)31)27(32,33)34/h4-9,14,41H,10-13,15-16H2,1-3H3,(H2,35,36,40). The Morgan fingerprint density at radius 3 is 2.00 bits per heavy atom. The number of alkyl halides is 6. The van der Waals surface area contributed by atoms with Crippen LogP contribution in [0.3, 0.4) is 0 Å². The first-order valence-electron chi connectivity index (χ1n) is 12.7. The number of hydrogen-bond donors (Lipinski definition) is 3. The first-order chi connectivity index (χ1) is 19.4. The molecule has 0 spiro atoms. The molecule has 3 rings (SSSR count). The molecule has 232 valence electrons. The van der Waals surface area contributed by atoms with Gasteiger partial charge in [0.1, 0.15) is 5.82 Å². The molecular formula is C27H31F7N4O4. The summed E-state index contributed by atoms with van der Waals surface area (Å²) in [6, 6.07) is 6.33. The minimum absolute atomic E-state index is 0.0600. The zero-order chi connectivity index (χ0) is 31.5. The van der Waals surface area contributed by atoms with Crippen molar-refractivity contribution in [3.8, 4) is 0 Å². The number of ether oxygens (including phenoxy) is 1. The van der Waals surface area contributed by atoms with Gasteiger partial charge in [0.15, 0.2) is 0 Å². The number of urea groups is 1. The molecule has 1 aliphatic heterocycles. The van der Waals surface area contributed by atoms with Crippen molar-refractivity contribution in [3.05, 3.63) is 65.0 Å². The largest absolute Gasteiger partial charge is 0.430 e. The Kier molecular flexibility index (Phi) is 9.79. The smallest absolute Gasteiger partial charge is 0.377 e. The van der Waals surface area contributed by atoms with Crippen molar-refractivity contribution >= 4 is 17.6 Å². The van der Waals surface area contributed by atoms with Gasteiger partial charge >= 0.3 is 18.4 Å². The number of aliphatic hydroxyl groups is 1. The second-order valence-electron chi connectivity index (χ2n) is 10.4. The molecule has 42 heavy (non-hydrogen) atoms. The molecule has 0 unspecified atom stereocenters. The minimum atomic E-state index is -5.97. The highest BCUT2D eigenvalue weighted by molar-refractivity contribution is 5.95. The maximum absolute atomic E-state index is 14.6. The van der Waals surface area contributed by atoms with E-state index in [4.69, 9.17) is 4.74 Å². The third-order valence-electron chi connectivity index (χ3n) is 6.95. The van der Waals surface area contributed by atoms with Gasteiger partial charge in [-0.1, -0.05) is 24.3 Å². The van der Waals surface area contributed by atoms with Crippen LogP contribution in [-0.4, -0.2) is 84.6 Å². The summed E-state index contributed by atoms with van der Waals surface area (Å²) in [5.41, 5.74) is -6.62. The van der Waals surface area contributed by atoms with Crippen LogP contribution < -0.4 is 10.6 Å². The SMILES string of the molecule is COC(C)(C)CNC(=O)Nc1ccc(C(=O)N2CCN(Cc3ccc(C(O)(C(F)(F)F)C(F)(F)F)cc3)CC2)cc1F. The summed E-state index contributed by atoms with van der Waals surface area (Å²) >= 11 is 0. The summed E-state index contributed by atoms with van der Waals surface area (Å²) in [7, 11) is 1.49. The Labute approximate surface area is 237 Å². The highest BCUT2D eigenvalue weighted by Crippen LogP contribution is 2.50. The Morgan fingerprint density at radius 2 is 1.50 bits per heavy atom. The molecule has 0 aliphatic carbocycles. The monoisotopic (exact) mass is 608 g/mol. The Hall–Kier alpha value is -3.43. The lowest BCUT2D eigenvalue weighted by Crippen LogP contribution is -2.53. The number of nitrogens with zero attached hydrogens (tertiary/aromatic N) is 2. The first-order valence-corrected chi connectivity index (χ1v) is 12.7. The number of methoxy groups -OCH3 is 1. The second-order valence-corrected chi connectivity index (χ2v) is 10.4. The van der Waals surface area contributed by atoms with Gasteiger partial charge in [-0.2, -0.15) is 26.3 Å². The third kappa shape index (κ3) is 7.50. The Morgan fingerprint density at radius 1 is 0.929 bits per heavy atom. The molecule has 1 fully saturated rings. The average molecular weight is 609 g/mol. The zero-order valence-corrected chi connectivity index (χ0v) is 23.0. The number of halogens is 7. The van der Waals surface area contributed by atoms with Gasteiger partial charge in [-0.25, -0.2) is 9.18 Å². The van der Waals surface area contributed by atoms with Crippen LogP contribution in [0.4, 0.5) is 41.2 Å². The zero-order valence-electron chi connectivity index (χ0n) is 23.0. The molecular weight excluding hydrogens is 577 g/mol. The fraction of sp³-hybridized carbons (Fsp3) is 0.481. The van der Waals surface area contributed by atoms with Crippen LogP contribution in [0.2, 0.25) is 0 Å². The predicted molar refractivity (Wildman–Crippen MR) is 138 cm³/mol. The minimum Gasteiger partial charge on any atom is -0.377 e. The van der Waals surface area contributed by atoms with Gasteiger partial charge in [-0.05, 0) is 37.6 Å². The van der Waals surface area contributed by atoms with E-state index in [1.54, 1.807) is 13.8 Å². The molecule has 2 aromatic rings. The lowest BCUT2D eigenvalue weighted by atomic mass is 9.91. The van der Waals surface area contributed by atoms with E-state index in [9.17, 15) is 45.4 Å². The van der Waals surface area contributed by atoms with Gasteiger partial charge in [0.05, 0.1) is 11.3 Å². The number of benzene rings is 2. The Bertz CT molecular complexity index is 1240. The number of carbonyl (C=O) groups is 2. The van der Waals surface area contributed by atoms with Gasteiger partial charge in [0.2, 0.25) is 0 Å². The summed E-state index contributed by atoms with van der Waals surface area (Å²) in [6.45, 7) is 5.01. The molecule has 0 saturated carbocycles. The number of piperazine rings is 1. The van der Waals surface area contributed by atoms with Crippen LogP contribution in [-0.2, 0) is 16.9 Å². The molecule has 0 aromatic heterocycles. The van der Waals surface area contributed by atoms with Crippen molar-refractivity contribution in [1.82, 2.24) is 15.1 Å². The second kappa shape index (κ2) is 12.4. The third-order valence-corrected chi connectivity index (χ3v) is 6.95. The fourth-order valence-electron chi connectivity index (χ4n) is 4.17. The van der Waals surface area contributed by atoms with Crippen LogP contribution in [0.1, 0.15) is 35.3 Å². The highest BCUT2D eigenvalue weighted by atomic mass is 19.4. The molecule has 1 aliphatic rings. The predicted octanol–water partition coefficient (Wildman–Crippen LogP) is 4.64. The van der Waals surface area contributed by atoms with Gasteiger partial charge in [-0.15, -0.1) is 0 Å². The normalized spacial score (nSPS) is 15.5. The molecule has 1 heterocycles. The van der Waals surface area contributed by atoms with Crippen molar-refractivity contribution in [2.24, 2.45) is 0 Å². The summed E-state index contributed by atoms with van der Waals surface area (Å²) in [5.74, 6) is -1.26. The number of anilines is 1. The lowest BCUT2D eigenvalue weighted by molar-refractivity contribution is -0.376. The van der Waals surface area contributed by atoms with Crippen molar-refractivity contribution in [2.45, 2.75) is 43.9 Å². The molecule has 3 N–H and O–H groups in total. The first kappa shape index (κ1) is 33.1. The van der Waals surface area contributed by atoms with Crippen LogP contribution >= 0.6 is 0 Å². The summed E-state index contributed by atoms with van der Waals surface area (Å²) in [4.78, 5) is 28.3. The highest BCUT2D eigenvalue weighted by Gasteiger charge is 2.71. The van der Waals surface area contributed by atoms with E-state index in [0.717, 1.165) is 18.2 Å². The van der Waals surface area contributed by atoms with Crippen molar-refractivity contribution in [2.75, 3.05) is 45.2 Å². The number of carbonyl (C=O) groups excluding carboxylic acids is 2. The van der Waals surface area contributed by atoms with Crippen LogP contribution in [0.5, 0.6) is 0 Å². The van der Waals surface area contributed by atoms with Gasteiger partial charge in [-0.3, -0.25) is 9.69 Å². The average Bonchev–Trinajstić information content (AvgIpc) is 2.92. The van der Waals surface area contributed by atoms with Crippen LogP contribution in [0, 0.1) is 5.82 Å². The maximum Gasteiger partial charge on any atom is 0.430 e. The number of rotatable bonds is 8. The van der Waals surface area contributed by atoms with Crippen LogP contribution in [0.15, 0.2) is 42.5 Å². The number of nitrogens with one attached hydrogen (secondary N) is 2. The van der Waals surface area contributed by atoms with Crippen molar-refractivity contribution in [3.63, 3.8) is 0 Å². The molecule has 8 nitrogen and oxygen atoms in total. The molecule has 0 bridgehead atoms. The quantitative estimate of drug-likeness (QED) is 0.380. The molecule has 0 atom stereocenters. The van der Waals surface area contributed by atoms with E-state index in [1.807, 2.05) is 4.90 Å². The van der Waals surface area contributed by atoms with Crippen molar-refractivity contribution < 1.29 is 50.2 Å². The topological polar surface area (TPSA) is 94.1 Å². The van der Waals surface area contributed by atoms with Gasteiger partial charge < -0.3 is 25.4 Å². The van der Waals surface area contributed by atoms with E-state index in [0.29, 0.717) is 30.8 Å². The summed E-state index contributed by atoms with van der Waals surface area (Å²) in [6.07, 6.45) is -11.9. The molecule has 2 aromatic carbocycles. The molecule has 0 radical (unpaired) electrons. The Balaban J connectivity index is 1.56. The van der Waals surface area contributed by atoms with E-state index in [-0.39, 0.29) is 37.4 Å². The van der Waals surface area contributed by atoms with Crippen molar-refractivity contribution in [1.29, 1.82) is 0 Å². The number of hydrogen-bond acceptors (Lipinski definition) is 5. The van der Waals surface area contributed by atoms with E-state index in [2.05, 4.69) is 10.6 Å². The maximum atomic E-state index is 14.6. The fourth-order valence-corrected chi connectivity index (χ4v) is 4.17. The molecule has 1 saturated heterocycles. The van der Waals surface area contributed by atoms with Gasteiger partial charge in [0.25, 0.3) is 11.5 Å². The summed E-state index contributed by atoms with van der Waals surface area (Å²) in [5, 5.41) is 14.5. The van der Waals surface area contributed by atoms with Crippen LogP contribution in [0.25, 0.3) is 0 Å².